The van der Waals surface area contributed by atoms with Crippen molar-refractivity contribution in [3.63, 3.8) is 0 Å². The van der Waals surface area contributed by atoms with Crippen molar-refractivity contribution < 1.29 is 14.2 Å². The van der Waals surface area contributed by atoms with E-state index in [1.807, 2.05) is 0 Å². The average molecular weight is 284 g/mol. The number of aromatic amines is 1. The smallest absolute Gasteiger partial charge is 0.330 e. The van der Waals surface area contributed by atoms with Crippen LogP contribution in [0.2, 0.25) is 0 Å². The maximum Gasteiger partial charge on any atom is 0.330 e. The first-order valence-electron chi connectivity index (χ1n) is 6.30. The van der Waals surface area contributed by atoms with Gasteiger partial charge in [0.05, 0.1) is 6.61 Å². The number of hydrogen-bond donors (Lipinski definition) is 2. The predicted octanol–water partition coefficient (Wildman–Crippen LogP) is 0.347. The number of hydrogen-bond acceptors (Lipinski definition) is 4. The molecule has 0 radical (unpaired) electrons. The number of halogens is 1. The zero-order valence-corrected chi connectivity index (χ0v) is 11.1. The highest BCUT2D eigenvalue weighted by Gasteiger charge is 2.53. The van der Waals surface area contributed by atoms with Gasteiger partial charge < -0.3 is 9.84 Å². The summed E-state index contributed by atoms with van der Waals surface area (Å²) in [6.45, 7) is 4.81. The standard InChI is InChI=1S/C13H17FN2O4/c1-3-5-13(7-17)8(2)10(14)11(20-13)16-6-4-9(18)15-12(16)19/h3-4,6,8,10-11,17H,1,5,7H2,2H3,(H,15,18,19)/t8-,10+,11+,13+/m0/s1. The fourth-order valence-corrected chi connectivity index (χ4v) is 2.51. The highest BCUT2D eigenvalue weighted by molar-refractivity contribution is 5.02. The van der Waals surface area contributed by atoms with E-state index >= 15 is 0 Å². The predicted molar refractivity (Wildman–Crippen MR) is 70.1 cm³/mol. The highest BCUT2D eigenvalue weighted by atomic mass is 19.1. The number of H-pyrrole nitrogens is 1. The Morgan fingerprint density at radius 1 is 1.65 bits per heavy atom. The van der Waals surface area contributed by atoms with Crippen LogP contribution in [0.5, 0.6) is 0 Å². The lowest BCUT2D eigenvalue weighted by Crippen LogP contribution is -2.39. The lowest BCUT2D eigenvalue weighted by atomic mass is 9.85. The van der Waals surface area contributed by atoms with Gasteiger partial charge in [-0.05, 0) is 6.42 Å². The number of aliphatic hydroxyl groups is 1. The molecule has 0 spiro atoms. The number of nitrogens with one attached hydrogen (secondary N) is 1. The summed E-state index contributed by atoms with van der Waals surface area (Å²) in [6.07, 6.45) is 0.330. The van der Waals surface area contributed by atoms with Crippen LogP contribution in [0, 0.1) is 5.92 Å². The molecule has 7 heteroatoms. The Labute approximate surface area is 114 Å². The maximum atomic E-state index is 14.4. The minimum Gasteiger partial charge on any atom is -0.393 e. The van der Waals surface area contributed by atoms with Gasteiger partial charge in [-0.2, -0.15) is 0 Å². The van der Waals surface area contributed by atoms with E-state index in [-0.39, 0.29) is 13.0 Å². The van der Waals surface area contributed by atoms with E-state index in [1.165, 1.54) is 12.3 Å². The molecule has 110 valence electrons. The van der Waals surface area contributed by atoms with Crippen molar-refractivity contribution >= 4 is 0 Å². The van der Waals surface area contributed by atoms with Gasteiger partial charge in [-0.3, -0.25) is 14.3 Å². The molecule has 1 aliphatic heterocycles. The molecule has 4 atom stereocenters. The molecular weight excluding hydrogens is 267 g/mol. The van der Waals surface area contributed by atoms with Crippen LogP contribution in [-0.2, 0) is 4.74 Å². The molecular formula is C13H17FN2O4. The third-order valence-electron chi connectivity index (χ3n) is 3.82. The van der Waals surface area contributed by atoms with Crippen LogP contribution in [0.1, 0.15) is 19.6 Å². The molecule has 0 unspecified atom stereocenters. The van der Waals surface area contributed by atoms with Gasteiger partial charge in [0.25, 0.3) is 5.56 Å². The van der Waals surface area contributed by atoms with Crippen molar-refractivity contribution in [3.8, 4) is 0 Å². The molecule has 0 bridgehead atoms. The molecule has 2 N–H and O–H groups in total. The third kappa shape index (κ3) is 2.23. The van der Waals surface area contributed by atoms with E-state index in [0.29, 0.717) is 0 Å². The van der Waals surface area contributed by atoms with Crippen LogP contribution in [0.3, 0.4) is 0 Å². The second-order valence-electron chi connectivity index (χ2n) is 4.97. The second kappa shape index (κ2) is 5.34. The van der Waals surface area contributed by atoms with Crippen LogP contribution >= 0.6 is 0 Å². The minimum absolute atomic E-state index is 0.264. The maximum absolute atomic E-state index is 14.4. The highest BCUT2D eigenvalue weighted by Crippen LogP contribution is 2.44. The summed E-state index contributed by atoms with van der Waals surface area (Å²) in [6, 6.07) is 1.12. The molecule has 1 saturated heterocycles. The monoisotopic (exact) mass is 284 g/mol. The molecule has 1 fully saturated rings. The first-order valence-corrected chi connectivity index (χ1v) is 6.30. The van der Waals surface area contributed by atoms with E-state index in [1.54, 1.807) is 6.92 Å². The van der Waals surface area contributed by atoms with Crippen molar-refractivity contribution in [2.75, 3.05) is 6.61 Å². The quantitative estimate of drug-likeness (QED) is 0.781. The van der Waals surface area contributed by atoms with E-state index in [9.17, 15) is 19.1 Å². The number of ether oxygens (including phenoxy) is 1. The zero-order valence-electron chi connectivity index (χ0n) is 11.1. The van der Waals surface area contributed by atoms with Gasteiger partial charge in [0.2, 0.25) is 0 Å². The fraction of sp³-hybridized carbons (Fsp3) is 0.538. The SMILES string of the molecule is C=CC[C@]1(CO)O[C@@H](n2ccc(=O)[nH]c2=O)[C@H](F)[C@@H]1C. The molecule has 0 aliphatic carbocycles. The fourth-order valence-electron chi connectivity index (χ4n) is 2.51. The van der Waals surface area contributed by atoms with Crippen molar-refractivity contribution in [1.82, 2.24) is 9.55 Å². The normalized spacial score (nSPS) is 33.2. The number of alkyl halides is 1. The Kier molecular flexibility index (Phi) is 3.92. The Balaban J connectivity index is 2.42. The van der Waals surface area contributed by atoms with Crippen LogP contribution in [0.4, 0.5) is 4.39 Å². The van der Waals surface area contributed by atoms with Gasteiger partial charge in [-0.25, -0.2) is 9.18 Å². The molecule has 2 rings (SSSR count). The van der Waals surface area contributed by atoms with Crippen molar-refractivity contribution in [3.05, 3.63) is 45.8 Å². The van der Waals surface area contributed by atoms with Crippen molar-refractivity contribution in [1.29, 1.82) is 0 Å². The number of aromatic nitrogens is 2. The Morgan fingerprint density at radius 2 is 2.35 bits per heavy atom. The Hall–Kier alpha value is -1.73. The van der Waals surface area contributed by atoms with E-state index in [4.69, 9.17) is 4.74 Å². The molecule has 20 heavy (non-hydrogen) atoms. The Morgan fingerprint density at radius 3 is 2.90 bits per heavy atom. The van der Waals surface area contributed by atoms with Gasteiger partial charge in [-0.1, -0.05) is 13.0 Å². The number of aliphatic hydroxyl groups excluding tert-OH is 1. The first kappa shape index (κ1) is 14.7. The summed E-state index contributed by atoms with van der Waals surface area (Å²) in [7, 11) is 0. The van der Waals surface area contributed by atoms with Gasteiger partial charge in [-0.15, -0.1) is 6.58 Å². The summed E-state index contributed by atoms with van der Waals surface area (Å²) in [4.78, 5) is 24.8. The van der Waals surface area contributed by atoms with Crippen molar-refractivity contribution in [2.24, 2.45) is 5.92 Å². The van der Waals surface area contributed by atoms with Gasteiger partial charge in [0.1, 0.15) is 5.60 Å². The topological polar surface area (TPSA) is 84.3 Å². The van der Waals surface area contributed by atoms with E-state index in [2.05, 4.69) is 11.6 Å². The minimum atomic E-state index is -1.48. The summed E-state index contributed by atoms with van der Waals surface area (Å²) < 4.78 is 21.0. The van der Waals surface area contributed by atoms with Crippen LogP contribution in [-0.4, -0.2) is 33.0 Å². The molecule has 1 aliphatic rings. The van der Waals surface area contributed by atoms with Gasteiger partial charge in [0.15, 0.2) is 12.4 Å². The number of nitrogens with zero attached hydrogens (tertiary/aromatic N) is 1. The van der Waals surface area contributed by atoms with Crippen molar-refractivity contribution in [2.45, 2.75) is 31.3 Å². The van der Waals surface area contributed by atoms with Crippen LogP contribution < -0.4 is 11.2 Å². The first-order chi connectivity index (χ1) is 9.45. The lowest BCUT2D eigenvalue weighted by Gasteiger charge is -2.29. The second-order valence-corrected chi connectivity index (χ2v) is 4.97. The molecule has 0 aromatic carbocycles. The lowest BCUT2D eigenvalue weighted by molar-refractivity contribution is -0.112. The summed E-state index contributed by atoms with van der Waals surface area (Å²) in [5.41, 5.74) is -2.42. The Bertz CT molecular complexity index is 611. The molecule has 2 heterocycles. The summed E-state index contributed by atoms with van der Waals surface area (Å²) in [5.74, 6) is -0.616. The molecule has 0 saturated carbocycles. The zero-order chi connectivity index (χ0) is 14.9. The molecule has 1 aromatic rings. The van der Waals surface area contributed by atoms with Crippen LogP contribution in [0.25, 0.3) is 0 Å². The summed E-state index contributed by atoms with van der Waals surface area (Å²) >= 11 is 0. The van der Waals surface area contributed by atoms with E-state index < -0.39 is 35.2 Å². The number of rotatable bonds is 4. The largest absolute Gasteiger partial charge is 0.393 e. The summed E-state index contributed by atoms with van der Waals surface area (Å²) in [5, 5.41) is 9.53. The molecule has 6 nitrogen and oxygen atoms in total. The molecule has 1 aromatic heterocycles. The third-order valence-corrected chi connectivity index (χ3v) is 3.82. The van der Waals surface area contributed by atoms with Gasteiger partial charge in [0, 0.05) is 18.2 Å². The van der Waals surface area contributed by atoms with E-state index in [0.717, 1.165) is 10.6 Å². The van der Waals surface area contributed by atoms with Crippen LogP contribution in [0.15, 0.2) is 34.5 Å². The average Bonchev–Trinajstić information content (AvgIpc) is 2.65. The van der Waals surface area contributed by atoms with Gasteiger partial charge >= 0.3 is 5.69 Å². The molecule has 0 amide bonds.